The van der Waals surface area contributed by atoms with Gasteiger partial charge in [0, 0.05) is 11.5 Å². The second-order valence-electron chi connectivity index (χ2n) is 12.9. The Morgan fingerprint density at radius 2 is 1.84 bits per heavy atom. The molecule has 1 unspecified atom stereocenters. The molecular formula is C32H38N8O4. The molecule has 1 saturated heterocycles. The van der Waals surface area contributed by atoms with Crippen molar-refractivity contribution < 1.29 is 19.4 Å². The number of pyridine rings is 1. The van der Waals surface area contributed by atoms with Crippen molar-refractivity contribution in [3.05, 3.63) is 77.1 Å². The number of carboxylic acid groups (broad SMARTS) is 1. The Hall–Kier alpha value is -4.58. The van der Waals surface area contributed by atoms with Crippen LogP contribution in [0.25, 0.3) is 5.65 Å². The summed E-state index contributed by atoms with van der Waals surface area (Å²) >= 11 is 0. The van der Waals surface area contributed by atoms with Gasteiger partial charge in [0.15, 0.2) is 11.5 Å². The Morgan fingerprint density at radius 1 is 1.07 bits per heavy atom. The summed E-state index contributed by atoms with van der Waals surface area (Å²) in [5.74, 6) is 0.139. The number of aromatic nitrogens is 5. The Labute approximate surface area is 255 Å². The molecule has 3 aromatic heterocycles. The second-order valence-corrected chi connectivity index (χ2v) is 12.9. The fourth-order valence-electron chi connectivity index (χ4n) is 6.18. The number of likely N-dealkylation sites (tertiary alicyclic amines) is 1. The van der Waals surface area contributed by atoms with Crippen LogP contribution < -0.4 is 15.4 Å². The fraction of sp³-hybridized carbons (Fsp3) is 0.438. The smallest absolute Gasteiger partial charge is 0.374 e. The Balaban J connectivity index is 1.20. The monoisotopic (exact) mass is 598 g/mol. The summed E-state index contributed by atoms with van der Waals surface area (Å²) in [6.07, 6.45) is 5.23. The minimum absolute atomic E-state index is 0.131. The molecule has 4 heterocycles. The van der Waals surface area contributed by atoms with Gasteiger partial charge in [0.1, 0.15) is 17.7 Å². The van der Waals surface area contributed by atoms with E-state index < -0.39 is 17.4 Å². The van der Waals surface area contributed by atoms with Crippen LogP contribution in [0.4, 0.5) is 10.6 Å². The van der Waals surface area contributed by atoms with E-state index in [1.807, 2.05) is 67.8 Å². The van der Waals surface area contributed by atoms with E-state index in [0.717, 1.165) is 47.7 Å². The molecule has 2 amide bonds. The first-order chi connectivity index (χ1) is 20.9. The lowest BCUT2D eigenvalue weighted by Gasteiger charge is -2.32. The van der Waals surface area contributed by atoms with Crippen LogP contribution in [0.5, 0.6) is 5.75 Å². The summed E-state index contributed by atoms with van der Waals surface area (Å²) in [5.41, 5.74) is 2.65. The van der Waals surface area contributed by atoms with E-state index in [4.69, 9.17) is 4.74 Å². The van der Waals surface area contributed by atoms with E-state index in [9.17, 15) is 14.7 Å². The van der Waals surface area contributed by atoms with Crippen molar-refractivity contribution >= 4 is 23.5 Å². The van der Waals surface area contributed by atoms with Crippen molar-refractivity contribution in [1.29, 1.82) is 0 Å². The van der Waals surface area contributed by atoms with Gasteiger partial charge in [-0.3, -0.25) is 14.6 Å². The number of anilines is 1. The predicted molar refractivity (Wildman–Crippen MR) is 164 cm³/mol. The molecule has 0 saturated carbocycles. The second kappa shape index (κ2) is 11.2. The van der Waals surface area contributed by atoms with E-state index in [0.29, 0.717) is 18.5 Å². The van der Waals surface area contributed by atoms with Crippen molar-refractivity contribution in [2.75, 3.05) is 18.9 Å². The highest BCUT2D eigenvalue weighted by Gasteiger charge is 2.40. The summed E-state index contributed by atoms with van der Waals surface area (Å²) in [6, 6.07) is 12.7. The molecule has 3 atom stereocenters. The lowest BCUT2D eigenvalue weighted by molar-refractivity contribution is 0.0683. The highest BCUT2D eigenvalue weighted by atomic mass is 16.5. The molecule has 1 fully saturated rings. The molecule has 44 heavy (non-hydrogen) atoms. The number of hydrogen-bond acceptors (Lipinski definition) is 8. The summed E-state index contributed by atoms with van der Waals surface area (Å²) < 4.78 is 8.61. The number of benzene rings is 1. The largest absolute Gasteiger partial charge is 0.484 e. The lowest BCUT2D eigenvalue weighted by Crippen LogP contribution is -2.37. The van der Waals surface area contributed by atoms with Crippen LogP contribution in [-0.4, -0.2) is 60.2 Å². The quantitative estimate of drug-likeness (QED) is 0.271. The minimum atomic E-state index is -1.26. The topological polar surface area (TPSA) is 147 Å². The average molecular weight is 599 g/mol. The molecule has 0 radical (unpaired) electrons. The van der Waals surface area contributed by atoms with Crippen LogP contribution in [0.15, 0.2) is 48.7 Å². The number of ether oxygens (including phenoxy) is 1. The first-order valence-corrected chi connectivity index (χ1v) is 14.9. The molecule has 0 bridgehead atoms. The number of aromatic carboxylic acids is 1. The zero-order valence-electron chi connectivity index (χ0n) is 25.7. The Bertz CT molecular complexity index is 1730. The fourth-order valence-corrected chi connectivity index (χ4v) is 6.18. The maximum Gasteiger partial charge on any atom is 0.374 e. The zero-order chi connectivity index (χ0) is 31.2. The molecule has 1 aliphatic heterocycles. The van der Waals surface area contributed by atoms with E-state index in [1.165, 1.54) is 0 Å². The maximum atomic E-state index is 13.1. The van der Waals surface area contributed by atoms with Gasteiger partial charge in [-0.1, -0.05) is 45.0 Å². The summed E-state index contributed by atoms with van der Waals surface area (Å²) in [5, 5.41) is 24.2. The van der Waals surface area contributed by atoms with Crippen molar-refractivity contribution in [2.45, 2.75) is 76.5 Å². The van der Waals surface area contributed by atoms with Gasteiger partial charge in [-0.15, -0.1) is 10.2 Å². The molecule has 12 nitrogen and oxygen atoms in total. The van der Waals surface area contributed by atoms with Crippen LogP contribution in [0.2, 0.25) is 0 Å². The van der Waals surface area contributed by atoms with Gasteiger partial charge in [0.2, 0.25) is 5.82 Å². The zero-order valence-corrected chi connectivity index (χ0v) is 25.7. The highest BCUT2D eigenvalue weighted by molar-refractivity contribution is 5.90. The van der Waals surface area contributed by atoms with Gasteiger partial charge in [0.25, 0.3) is 0 Å². The first kappa shape index (κ1) is 29.5. The molecule has 230 valence electrons. The van der Waals surface area contributed by atoms with Crippen LogP contribution in [0, 0.1) is 0 Å². The number of amides is 2. The number of nitrogens with one attached hydrogen (secondary N) is 2. The first-order valence-electron chi connectivity index (χ1n) is 14.9. The molecule has 12 heteroatoms. The van der Waals surface area contributed by atoms with Crippen LogP contribution in [0.1, 0.15) is 98.8 Å². The number of fused-ring (bicyclic) bond motifs is 2. The van der Waals surface area contributed by atoms with E-state index >= 15 is 0 Å². The van der Waals surface area contributed by atoms with Gasteiger partial charge in [-0.2, -0.15) is 0 Å². The summed E-state index contributed by atoms with van der Waals surface area (Å²) in [6.45, 7) is 8.98. The highest BCUT2D eigenvalue weighted by Crippen LogP contribution is 2.40. The molecule has 3 N–H and O–H groups in total. The SMILES string of the molecule is CN1CCCC1(C)c1nnc2ccc(O[C@@H]3CC[C@H](NC(=O)Nc4cc(C(C)(C)C)nc(C(=O)O)n4)c4ccccc43)cn12. The van der Waals surface area contributed by atoms with E-state index in [2.05, 4.69) is 49.7 Å². The molecule has 6 rings (SSSR count). The van der Waals surface area contributed by atoms with Crippen molar-refractivity contribution in [3.8, 4) is 5.75 Å². The number of carboxylic acids is 1. The summed E-state index contributed by atoms with van der Waals surface area (Å²) in [7, 11) is 2.13. The normalized spacial score (nSPS) is 22.0. The molecular weight excluding hydrogens is 560 g/mol. The predicted octanol–water partition coefficient (Wildman–Crippen LogP) is 5.23. The van der Waals surface area contributed by atoms with Gasteiger partial charge in [-0.25, -0.2) is 19.6 Å². The van der Waals surface area contributed by atoms with Gasteiger partial charge in [-0.05, 0) is 69.5 Å². The molecule has 1 aliphatic carbocycles. The number of nitrogens with zero attached hydrogens (tertiary/aromatic N) is 6. The van der Waals surface area contributed by atoms with E-state index in [1.54, 1.807) is 6.07 Å². The number of carbonyl (C=O) groups is 2. The van der Waals surface area contributed by atoms with E-state index in [-0.39, 0.29) is 29.3 Å². The third-order valence-corrected chi connectivity index (χ3v) is 8.80. The Morgan fingerprint density at radius 3 is 2.55 bits per heavy atom. The van der Waals surface area contributed by atoms with Crippen molar-refractivity contribution in [2.24, 2.45) is 0 Å². The molecule has 4 aromatic rings. The van der Waals surface area contributed by atoms with Crippen LogP contribution in [0.3, 0.4) is 0 Å². The van der Waals surface area contributed by atoms with Crippen LogP contribution >= 0.6 is 0 Å². The number of urea groups is 1. The van der Waals surface area contributed by atoms with Crippen molar-refractivity contribution in [3.63, 3.8) is 0 Å². The molecule has 2 aliphatic rings. The molecule has 0 spiro atoms. The number of rotatable bonds is 6. The van der Waals surface area contributed by atoms with Gasteiger partial charge >= 0.3 is 12.0 Å². The third-order valence-electron chi connectivity index (χ3n) is 8.80. The number of hydrogen-bond donors (Lipinski definition) is 3. The Kier molecular flexibility index (Phi) is 7.48. The van der Waals surface area contributed by atoms with Crippen molar-refractivity contribution in [1.82, 2.24) is 34.8 Å². The van der Waals surface area contributed by atoms with Gasteiger partial charge in [0.05, 0.1) is 23.5 Å². The van der Waals surface area contributed by atoms with Gasteiger partial charge < -0.3 is 15.2 Å². The third kappa shape index (κ3) is 5.57. The average Bonchev–Trinajstić information content (AvgIpc) is 3.56. The maximum absolute atomic E-state index is 13.1. The lowest BCUT2D eigenvalue weighted by atomic mass is 9.85. The minimum Gasteiger partial charge on any atom is -0.484 e. The summed E-state index contributed by atoms with van der Waals surface area (Å²) in [4.78, 5) is 35.2. The molecule has 1 aromatic carbocycles. The standard InChI is InChI=1S/C32H38N8O4/c1-31(2,3)24-17-25(35-27(34-24)28(41)42)36-30(43)33-22-12-13-23(21-10-7-6-9-20(21)22)44-19-11-14-26-37-38-29(40(26)18-19)32(4)15-8-16-39(32)5/h6-7,9-11,14,17-18,22-23H,8,12-13,15-16H2,1-5H3,(H,41,42)(H2,33,34,35,36,43)/t22-,23+,32?/m0/s1. The van der Waals surface area contributed by atoms with Crippen LogP contribution in [-0.2, 0) is 11.0 Å². The number of carbonyl (C=O) groups excluding carboxylic acids is 1.